The van der Waals surface area contributed by atoms with Crippen LogP contribution in [0.5, 0.6) is 0 Å². The Morgan fingerprint density at radius 3 is 2.71 bits per heavy atom. The molecule has 6 nitrogen and oxygen atoms in total. The van der Waals surface area contributed by atoms with Crippen LogP contribution in [0, 0.1) is 11.7 Å². The van der Waals surface area contributed by atoms with Gasteiger partial charge in [-0.15, -0.1) is 0 Å². The summed E-state index contributed by atoms with van der Waals surface area (Å²) in [6, 6.07) is 15.5. The van der Waals surface area contributed by atoms with Gasteiger partial charge in [0.25, 0.3) is 5.91 Å². The summed E-state index contributed by atoms with van der Waals surface area (Å²) in [6.45, 7) is 0.837. The molecule has 160 valence electrons. The summed E-state index contributed by atoms with van der Waals surface area (Å²) in [7, 11) is 0. The van der Waals surface area contributed by atoms with Gasteiger partial charge in [0.1, 0.15) is 5.82 Å². The zero-order valence-electron chi connectivity index (χ0n) is 17.0. The minimum absolute atomic E-state index is 0.0452. The number of likely N-dealkylation sites (tertiary alicyclic amines) is 1. The van der Waals surface area contributed by atoms with Crippen LogP contribution < -0.4 is 5.32 Å². The van der Waals surface area contributed by atoms with Gasteiger partial charge in [-0.2, -0.15) is 0 Å². The molecule has 31 heavy (non-hydrogen) atoms. The summed E-state index contributed by atoms with van der Waals surface area (Å²) < 4.78 is 13.7. The number of aliphatic hydroxyl groups is 1. The first-order chi connectivity index (χ1) is 15.0. The summed E-state index contributed by atoms with van der Waals surface area (Å²) >= 11 is 0. The first-order valence-corrected chi connectivity index (χ1v) is 10.3. The Kier molecular flexibility index (Phi) is 6.23. The molecule has 4 rings (SSSR count). The molecule has 1 aliphatic rings. The maximum Gasteiger partial charge on any atom is 0.254 e. The van der Waals surface area contributed by atoms with E-state index in [0.29, 0.717) is 13.0 Å². The Hall–Kier alpha value is -3.32. The Morgan fingerprint density at radius 1 is 1.10 bits per heavy atom. The third-order valence-electron chi connectivity index (χ3n) is 5.72. The van der Waals surface area contributed by atoms with Crippen molar-refractivity contribution in [3.05, 3.63) is 77.7 Å². The number of carbonyl (C=O) groups excluding carboxylic acids is 2. The lowest BCUT2D eigenvalue weighted by molar-refractivity contribution is -0.130. The standard InChI is InChI=1S/C24H24FN3O3/c25-20-7-3-1-6-19(20)24(31)27-12-10-23(30)28-14-17(22(29)15-28)13-16-9-11-26-21-8-4-2-5-18(16)21/h1-9,11,17,22,29H,10,12-15H2,(H,27,31)/t17-,22-/m1/s1. The second kappa shape index (κ2) is 9.22. The van der Waals surface area contributed by atoms with Gasteiger partial charge in [0.2, 0.25) is 5.91 Å². The number of benzene rings is 2. The van der Waals surface area contributed by atoms with E-state index in [9.17, 15) is 19.1 Å². The van der Waals surface area contributed by atoms with Gasteiger partial charge in [-0.3, -0.25) is 14.6 Å². The van der Waals surface area contributed by atoms with Crippen molar-refractivity contribution in [2.24, 2.45) is 5.92 Å². The van der Waals surface area contributed by atoms with E-state index >= 15 is 0 Å². The van der Waals surface area contributed by atoms with Crippen LogP contribution in [0.25, 0.3) is 10.9 Å². The average Bonchev–Trinajstić information content (AvgIpc) is 3.14. The molecule has 1 aromatic heterocycles. The Balaban J connectivity index is 1.31. The molecular weight excluding hydrogens is 397 g/mol. The van der Waals surface area contributed by atoms with Crippen LogP contribution in [0.15, 0.2) is 60.8 Å². The minimum atomic E-state index is -0.608. The molecule has 1 aliphatic heterocycles. The minimum Gasteiger partial charge on any atom is -0.391 e. The van der Waals surface area contributed by atoms with Crippen molar-refractivity contribution in [3.8, 4) is 0 Å². The molecule has 0 spiro atoms. The number of aromatic nitrogens is 1. The highest BCUT2D eigenvalue weighted by Gasteiger charge is 2.34. The van der Waals surface area contributed by atoms with Crippen molar-refractivity contribution < 1.29 is 19.1 Å². The van der Waals surface area contributed by atoms with E-state index in [1.54, 1.807) is 17.2 Å². The number of fused-ring (bicyclic) bond motifs is 1. The third-order valence-corrected chi connectivity index (χ3v) is 5.72. The van der Waals surface area contributed by atoms with Gasteiger partial charge >= 0.3 is 0 Å². The normalized spacial score (nSPS) is 18.3. The maximum absolute atomic E-state index is 13.7. The number of hydrogen-bond donors (Lipinski definition) is 2. The number of nitrogens with one attached hydrogen (secondary N) is 1. The van der Waals surface area contributed by atoms with Crippen LogP contribution in [0.1, 0.15) is 22.3 Å². The number of carbonyl (C=O) groups is 2. The Labute approximate surface area is 179 Å². The number of β-amino-alcohol motifs (C(OH)–C–C–N with tert-alkyl or cyclic N) is 1. The summed E-state index contributed by atoms with van der Waals surface area (Å²) in [6.07, 6.45) is 1.90. The fourth-order valence-electron chi connectivity index (χ4n) is 4.06. The van der Waals surface area contributed by atoms with Crippen LogP contribution >= 0.6 is 0 Å². The smallest absolute Gasteiger partial charge is 0.254 e. The maximum atomic E-state index is 13.7. The monoisotopic (exact) mass is 421 g/mol. The summed E-state index contributed by atoms with van der Waals surface area (Å²) in [4.78, 5) is 30.6. The van der Waals surface area contributed by atoms with Crippen molar-refractivity contribution in [3.63, 3.8) is 0 Å². The van der Waals surface area contributed by atoms with Gasteiger partial charge < -0.3 is 15.3 Å². The van der Waals surface area contributed by atoms with Gasteiger partial charge in [0, 0.05) is 43.6 Å². The Morgan fingerprint density at radius 2 is 1.87 bits per heavy atom. The van der Waals surface area contributed by atoms with Crippen molar-refractivity contribution in [1.29, 1.82) is 0 Å². The molecule has 0 aliphatic carbocycles. The van der Waals surface area contributed by atoms with Gasteiger partial charge in [-0.25, -0.2) is 4.39 Å². The highest BCUT2D eigenvalue weighted by atomic mass is 19.1. The molecule has 2 heterocycles. The number of halogens is 1. The van der Waals surface area contributed by atoms with Crippen molar-refractivity contribution in [1.82, 2.24) is 15.2 Å². The number of amides is 2. The number of nitrogens with zero attached hydrogens (tertiary/aromatic N) is 2. The average molecular weight is 421 g/mol. The van der Waals surface area contributed by atoms with Crippen molar-refractivity contribution >= 4 is 22.7 Å². The summed E-state index contributed by atoms with van der Waals surface area (Å²) in [5, 5.41) is 14.1. The lowest BCUT2D eigenvalue weighted by Gasteiger charge is -2.17. The van der Waals surface area contributed by atoms with Crippen LogP contribution in [0.3, 0.4) is 0 Å². The largest absolute Gasteiger partial charge is 0.391 e. The molecule has 0 radical (unpaired) electrons. The SMILES string of the molecule is O=C(NCCC(=O)N1C[C@@H](Cc2ccnc3ccccc23)[C@H](O)C1)c1ccccc1F. The van der Waals surface area contributed by atoms with Gasteiger partial charge in [-0.1, -0.05) is 30.3 Å². The molecular formula is C24H24FN3O3. The molecule has 2 aromatic carbocycles. The number of hydrogen-bond acceptors (Lipinski definition) is 4. The summed E-state index contributed by atoms with van der Waals surface area (Å²) in [5.41, 5.74) is 1.96. The fraction of sp³-hybridized carbons (Fsp3) is 0.292. The van der Waals surface area contributed by atoms with E-state index in [0.717, 1.165) is 16.5 Å². The predicted octanol–water partition coefficient (Wildman–Crippen LogP) is 2.56. The first kappa shape index (κ1) is 20.9. The molecule has 2 atom stereocenters. The van der Waals surface area contributed by atoms with Crippen molar-refractivity contribution in [2.75, 3.05) is 19.6 Å². The van der Waals surface area contributed by atoms with Gasteiger partial charge in [0.15, 0.2) is 0 Å². The first-order valence-electron chi connectivity index (χ1n) is 10.3. The number of para-hydroxylation sites is 1. The van der Waals surface area contributed by atoms with E-state index in [1.807, 2.05) is 30.3 Å². The van der Waals surface area contributed by atoms with Crippen LogP contribution in [0.2, 0.25) is 0 Å². The van der Waals surface area contributed by atoms with Crippen LogP contribution in [0.4, 0.5) is 4.39 Å². The lowest BCUT2D eigenvalue weighted by Crippen LogP contribution is -2.34. The third kappa shape index (κ3) is 4.72. The van der Waals surface area contributed by atoms with E-state index in [-0.39, 0.29) is 36.9 Å². The lowest BCUT2D eigenvalue weighted by atomic mass is 9.94. The number of rotatable bonds is 6. The fourth-order valence-corrected chi connectivity index (χ4v) is 4.06. The number of aliphatic hydroxyl groups excluding tert-OH is 1. The van der Waals surface area contributed by atoms with E-state index in [1.165, 1.54) is 18.2 Å². The highest BCUT2D eigenvalue weighted by Crippen LogP contribution is 2.25. The number of pyridine rings is 1. The molecule has 3 aromatic rings. The molecule has 2 N–H and O–H groups in total. The molecule has 0 bridgehead atoms. The highest BCUT2D eigenvalue weighted by molar-refractivity contribution is 5.94. The second-order valence-corrected chi connectivity index (χ2v) is 7.80. The van der Waals surface area contributed by atoms with E-state index in [2.05, 4.69) is 10.3 Å². The topological polar surface area (TPSA) is 82.5 Å². The van der Waals surface area contributed by atoms with Crippen LogP contribution in [-0.2, 0) is 11.2 Å². The zero-order chi connectivity index (χ0) is 21.8. The Bertz CT molecular complexity index is 1100. The molecule has 1 saturated heterocycles. The summed E-state index contributed by atoms with van der Waals surface area (Å²) in [5.74, 6) is -1.35. The second-order valence-electron chi connectivity index (χ2n) is 7.80. The molecule has 1 fully saturated rings. The van der Waals surface area contributed by atoms with Gasteiger partial charge in [-0.05, 0) is 36.2 Å². The zero-order valence-corrected chi connectivity index (χ0v) is 17.0. The molecule has 2 amide bonds. The van der Waals surface area contributed by atoms with E-state index in [4.69, 9.17) is 0 Å². The molecule has 7 heteroatoms. The van der Waals surface area contributed by atoms with Crippen molar-refractivity contribution in [2.45, 2.75) is 18.9 Å². The van der Waals surface area contributed by atoms with E-state index < -0.39 is 17.8 Å². The molecule has 0 unspecified atom stereocenters. The van der Waals surface area contributed by atoms with Gasteiger partial charge in [0.05, 0.1) is 17.2 Å². The predicted molar refractivity (Wildman–Crippen MR) is 115 cm³/mol. The molecule has 0 saturated carbocycles. The van der Waals surface area contributed by atoms with Crippen LogP contribution in [-0.4, -0.2) is 52.5 Å². The quantitative estimate of drug-likeness (QED) is 0.641.